The monoisotopic (exact) mass is 439 g/mol. The Morgan fingerprint density at radius 2 is 1.62 bits per heavy atom. The Morgan fingerprint density at radius 3 is 2.22 bits per heavy atom. The van der Waals surface area contributed by atoms with Crippen LogP contribution in [0.15, 0.2) is 41.2 Å². The number of pyridine rings is 1. The third-order valence-electron chi connectivity index (χ3n) is 6.75. The molecule has 0 atom stereocenters. The maximum Gasteiger partial charge on any atom is 0.495 e. The first-order chi connectivity index (χ1) is 14.8. The van der Waals surface area contributed by atoms with Crippen molar-refractivity contribution < 1.29 is 18.1 Å². The maximum atomic E-state index is 14.9. The van der Waals surface area contributed by atoms with Gasteiger partial charge in [0, 0.05) is 5.69 Å². The average Bonchev–Trinajstić information content (AvgIpc) is 2.90. The van der Waals surface area contributed by atoms with Crippen LogP contribution in [-0.4, -0.2) is 22.9 Å². The lowest BCUT2D eigenvalue weighted by Crippen LogP contribution is -2.41. The van der Waals surface area contributed by atoms with Gasteiger partial charge in [-0.3, -0.25) is 9.36 Å². The number of nitrogens with zero attached hydrogens (tertiary/aromatic N) is 1. The van der Waals surface area contributed by atoms with Crippen molar-refractivity contribution >= 4 is 23.4 Å². The molecule has 2 aromatic carbocycles. The predicted molar refractivity (Wildman–Crippen MR) is 124 cm³/mol. The fourth-order valence-corrected chi connectivity index (χ4v) is 4.15. The Labute approximate surface area is 187 Å². The van der Waals surface area contributed by atoms with E-state index in [1.54, 1.807) is 25.1 Å². The van der Waals surface area contributed by atoms with E-state index in [1.807, 2.05) is 41.5 Å². The van der Waals surface area contributed by atoms with Crippen LogP contribution in [0.4, 0.5) is 8.78 Å². The Morgan fingerprint density at radius 1 is 1.00 bits per heavy atom. The molecule has 3 aromatic rings. The normalized spacial score (nSPS) is 17.5. The van der Waals surface area contributed by atoms with Gasteiger partial charge in [0.15, 0.2) is 0 Å². The van der Waals surface area contributed by atoms with Gasteiger partial charge < -0.3 is 9.31 Å². The third kappa shape index (κ3) is 3.48. The third-order valence-corrected chi connectivity index (χ3v) is 6.75. The van der Waals surface area contributed by atoms with E-state index in [-0.39, 0.29) is 11.3 Å². The van der Waals surface area contributed by atoms with Crippen LogP contribution in [0, 0.1) is 18.6 Å². The number of rotatable bonds is 3. The Hall–Kier alpha value is -2.51. The van der Waals surface area contributed by atoms with Crippen LogP contribution in [0.25, 0.3) is 16.5 Å². The van der Waals surface area contributed by atoms with Gasteiger partial charge >= 0.3 is 7.12 Å². The van der Waals surface area contributed by atoms with Crippen molar-refractivity contribution in [2.24, 2.45) is 0 Å². The largest absolute Gasteiger partial charge is 0.495 e. The minimum atomic E-state index is -0.787. The molecule has 4 rings (SSSR count). The van der Waals surface area contributed by atoms with Gasteiger partial charge in [-0.2, -0.15) is 0 Å². The summed E-state index contributed by atoms with van der Waals surface area (Å²) in [4.78, 5) is 13.5. The molecular weight excluding hydrogens is 411 g/mol. The molecule has 0 radical (unpaired) electrons. The summed E-state index contributed by atoms with van der Waals surface area (Å²) in [5.41, 5.74) is 0.470. The zero-order valence-electron chi connectivity index (χ0n) is 19.5. The van der Waals surface area contributed by atoms with Crippen LogP contribution >= 0.6 is 0 Å². The molecule has 1 aromatic heterocycles. The predicted octanol–water partition coefficient (Wildman–Crippen LogP) is 5.00. The highest BCUT2D eigenvalue weighted by Gasteiger charge is 2.52. The second kappa shape index (κ2) is 7.53. The van der Waals surface area contributed by atoms with E-state index in [0.717, 1.165) is 0 Å². The second-order valence-corrected chi connectivity index (χ2v) is 9.80. The first-order valence-electron chi connectivity index (χ1n) is 10.8. The highest BCUT2D eigenvalue weighted by atomic mass is 19.1. The fourth-order valence-electron chi connectivity index (χ4n) is 4.15. The van der Waals surface area contributed by atoms with Crippen LogP contribution in [-0.2, 0) is 9.31 Å². The van der Waals surface area contributed by atoms with E-state index in [1.165, 1.54) is 22.8 Å². The molecule has 0 aliphatic carbocycles. The highest BCUT2D eigenvalue weighted by Crippen LogP contribution is 2.37. The molecule has 7 heteroatoms. The summed E-state index contributed by atoms with van der Waals surface area (Å²) in [6.07, 6.45) is 0. The molecule has 0 N–H and O–H groups in total. The average molecular weight is 439 g/mol. The van der Waals surface area contributed by atoms with E-state index in [4.69, 9.17) is 9.31 Å². The summed E-state index contributed by atoms with van der Waals surface area (Å²) < 4.78 is 43.2. The molecule has 4 nitrogen and oxygen atoms in total. The number of benzene rings is 2. The Kier molecular flexibility index (Phi) is 5.34. The number of halogens is 2. The number of aromatic nitrogens is 1. The van der Waals surface area contributed by atoms with E-state index in [0.29, 0.717) is 27.8 Å². The van der Waals surface area contributed by atoms with Crippen molar-refractivity contribution in [2.45, 2.75) is 65.6 Å². The molecule has 1 saturated heterocycles. The van der Waals surface area contributed by atoms with Crippen LogP contribution in [0.3, 0.4) is 0 Å². The molecule has 1 aliphatic heterocycles. The lowest BCUT2D eigenvalue weighted by Gasteiger charge is -2.32. The van der Waals surface area contributed by atoms with Crippen LogP contribution in [0.5, 0.6) is 0 Å². The number of hydrogen-bond acceptors (Lipinski definition) is 3. The zero-order chi connectivity index (χ0) is 23.6. The summed E-state index contributed by atoms with van der Waals surface area (Å²) >= 11 is 0. The topological polar surface area (TPSA) is 40.5 Å². The minimum absolute atomic E-state index is 0.0160. The van der Waals surface area contributed by atoms with E-state index in [2.05, 4.69) is 0 Å². The standard InChI is InChI=1S/C25H28BF2NO3/c1-14(2)20-11-16-9-8-10-19(28)22(16)23(30)29(20)21-13-17(27)12-18(15(21)3)26-31-24(4,5)25(6,7)32-26/h8-14H,1-7H3. The van der Waals surface area contributed by atoms with Gasteiger partial charge in [-0.05, 0) is 81.2 Å². The lowest BCUT2D eigenvalue weighted by atomic mass is 9.75. The molecule has 0 saturated carbocycles. The lowest BCUT2D eigenvalue weighted by molar-refractivity contribution is 0.00578. The molecule has 2 heterocycles. The van der Waals surface area contributed by atoms with E-state index >= 15 is 0 Å². The molecule has 0 amide bonds. The second-order valence-electron chi connectivity index (χ2n) is 9.80. The molecule has 1 aliphatic rings. The van der Waals surface area contributed by atoms with Crippen molar-refractivity contribution in [1.82, 2.24) is 4.57 Å². The smallest absolute Gasteiger partial charge is 0.399 e. The molecule has 0 unspecified atom stereocenters. The first-order valence-corrected chi connectivity index (χ1v) is 10.8. The summed E-state index contributed by atoms with van der Waals surface area (Å²) in [5, 5.41) is 0.507. The molecule has 1 fully saturated rings. The van der Waals surface area contributed by atoms with Gasteiger partial charge in [0.25, 0.3) is 5.56 Å². The molecule has 0 bridgehead atoms. The van der Waals surface area contributed by atoms with Crippen molar-refractivity contribution in [1.29, 1.82) is 0 Å². The minimum Gasteiger partial charge on any atom is -0.399 e. The van der Waals surface area contributed by atoms with Gasteiger partial charge in [-0.1, -0.05) is 26.0 Å². The number of fused-ring (bicyclic) bond motifs is 1. The van der Waals surface area contributed by atoms with Crippen molar-refractivity contribution in [3.8, 4) is 5.69 Å². The summed E-state index contributed by atoms with van der Waals surface area (Å²) in [7, 11) is -0.787. The number of hydrogen-bond donors (Lipinski definition) is 0. The van der Waals surface area contributed by atoms with Gasteiger partial charge in [0.1, 0.15) is 11.6 Å². The van der Waals surface area contributed by atoms with Crippen molar-refractivity contribution in [3.63, 3.8) is 0 Å². The van der Waals surface area contributed by atoms with Gasteiger partial charge in [-0.15, -0.1) is 0 Å². The van der Waals surface area contributed by atoms with Gasteiger partial charge in [0.2, 0.25) is 0 Å². The highest BCUT2D eigenvalue weighted by molar-refractivity contribution is 6.62. The Balaban J connectivity index is 2.00. The molecular formula is C25H28BF2NO3. The van der Waals surface area contributed by atoms with Gasteiger partial charge in [-0.25, -0.2) is 8.78 Å². The quantitative estimate of drug-likeness (QED) is 0.540. The molecule has 168 valence electrons. The van der Waals surface area contributed by atoms with Crippen LogP contribution in [0.2, 0.25) is 0 Å². The Bertz CT molecular complexity index is 1260. The van der Waals surface area contributed by atoms with E-state index in [9.17, 15) is 13.6 Å². The summed E-state index contributed by atoms with van der Waals surface area (Å²) in [5.74, 6) is -1.18. The first kappa shape index (κ1) is 22.7. The SMILES string of the molecule is Cc1c(B2OC(C)(C)C(C)(C)O2)cc(F)cc1-n1c(C(C)C)cc2cccc(F)c2c1=O. The maximum absolute atomic E-state index is 14.9. The van der Waals surface area contributed by atoms with Gasteiger partial charge in [0.05, 0.1) is 22.3 Å². The van der Waals surface area contributed by atoms with E-state index < -0.39 is 35.5 Å². The molecule has 0 spiro atoms. The summed E-state index contributed by atoms with van der Waals surface area (Å²) in [6.45, 7) is 13.4. The molecule has 32 heavy (non-hydrogen) atoms. The zero-order valence-corrected chi connectivity index (χ0v) is 19.5. The van der Waals surface area contributed by atoms with Crippen molar-refractivity contribution in [2.75, 3.05) is 0 Å². The summed E-state index contributed by atoms with van der Waals surface area (Å²) in [6, 6.07) is 9.03. The fraction of sp³-hybridized carbons (Fsp3) is 0.400. The van der Waals surface area contributed by atoms with Crippen LogP contribution < -0.4 is 11.0 Å². The van der Waals surface area contributed by atoms with Crippen LogP contribution in [0.1, 0.15) is 58.7 Å². The van der Waals surface area contributed by atoms with Crippen molar-refractivity contribution in [3.05, 3.63) is 69.6 Å².